The van der Waals surface area contributed by atoms with E-state index in [-0.39, 0.29) is 5.75 Å². The van der Waals surface area contributed by atoms with Gasteiger partial charge in [-0.15, -0.1) is 0 Å². The lowest BCUT2D eigenvalue weighted by atomic mass is 10.2. The fourth-order valence-electron chi connectivity index (χ4n) is 1.64. The number of phenolic OH excluding ortho intramolecular Hbond substituents is 1. The van der Waals surface area contributed by atoms with E-state index in [0.29, 0.717) is 11.5 Å². The molecule has 0 atom stereocenters. The van der Waals surface area contributed by atoms with Crippen LogP contribution in [0.2, 0.25) is 0 Å². The zero-order valence-electron chi connectivity index (χ0n) is 11.1. The minimum absolute atomic E-state index is 0.0259. The number of nitrogens with one attached hydrogen (secondary N) is 2. The van der Waals surface area contributed by atoms with Crippen LogP contribution in [0.25, 0.3) is 0 Å². The number of hydrogen-bond donors (Lipinski definition) is 3. The van der Waals surface area contributed by atoms with Crippen LogP contribution in [0.1, 0.15) is 11.3 Å². The Bertz CT molecular complexity index is 600. The van der Waals surface area contributed by atoms with E-state index in [4.69, 9.17) is 0 Å². The molecule has 1 aromatic carbocycles. The van der Waals surface area contributed by atoms with Gasteiger partial charge >= 0.3 is 6.03 Å². The summed E-state index contributed by atoms with van der Waals surface area (Å²) in [6.07, 6.45) is 0. The molecule has 2 rings (SSSR count). The topological polar surface area (TPSA) is 79.2 Å². The van der Waals surface area contributed by atoms with Crippen LogP contribution < -0.4 is 10.6 Å². The Hall–Kier alpha value is -2.50. The van der Waals surface area contributed by atoms with Crippen LogP contribution in [0.15, 0.2) is 24.3 Å². The standard InChI is InChI=1S/C13H16N4O2/c1-8-4-5-11(18)10(6-8)14-13(19)15-12-7-9(2)17(3)16-12/h4-7,18H,1-3H3,(H2,14,15,16,19). The van der Waals surface area contributed by atoms with Crippen molar-refractivity contribution in [3.8, 4) is 5.75 Å². The largest absolute Gasteiger partial charge is 0.506 e. The number of aromatic nitrogens is 2. The monoisotopic (exact) mass is 260 g/mol. The van der Waals surface area contributed by atoms with E-state index in [1.807, 2.05) is 13.8 Å². The second-order valence-corrected chi connectivity index (χ2v) is 4.39. The third-order valence-corrected chi connectivity index (χ3v) is 2.76. The zero-order valence-corrected chi connectivity index (χ0v) is 11.1. The van der Waals surface area contributed by atoms with Crippen molar-refractivity contribution in [2.45, 2.75) is 13.8 Å². The van der Waals surface area contributed by atoms with Gasteiger partial charge in [-0.1, -0.05) is 6.07 Å². The van der Waals surface area contributed by atoms with Gasteiger partial charge in [0, 0.05) is 18.8 Å². The Morgan fingerprint density at radius 1 is 1.26 bits per heavy atom. The van der Waals surface area contributed by atoms with Crippen molar-refractivity contribution in [3.05, 3.63) is 35.5 Å². The zero-order chi connectivity index (χ0) is 14.0. The molecule has 0 spiro atoms. The normalized spacial score (nSPS) is 10.3. The Morgan fingerprint density at radius 3 is 2.63 bits per heavy atom. The minimum atomic E-state index is -0.445. The highest BCUT2D eigenvalue weighted by Gasteiger charge is 2.09. The van der Waals surface area contributed by atoms with E-state index in [2.05, 4.69) is 15.7 Å². The molecule has 0 aliphatic heterocycles. The molecule has 1 aromatic heterocycles. The molecule has 0 radical (unpaired) electrons. The molecule has 1 heterocycles. The Morgan fingerprint density at radius 2 is 2.00 bits per heavy atom. The molecule has 0 saturated carbocycles. The lowest BCUT2D eigenvalue weighted by molar-refractivity contribution is 0.262. The number of carbonyl (C=O) groups excluding carboxylic acids is 1. The van der Waals surface area contributed by atoms with Crippen LogP contribution in [-0.2, 0) is 7.05 Å². The second kappa shape index (κ2) is 5.01. The van der Waals surface area contributed by atoms with Gasteiger partial charge in [0.05, 0.1) is 5.69 Å². The quantitative estimate of drug-likeness (QED) is 0.725. The van der Waals surface area contributed by atoms with Crippen LogP contribution in [0.3, 0.4) is 0 Å². The summed E-state index contributed by atoms with van der Waals surface area (Å²) in [6, 6.07) is 6.31. The number of rotatable bonds is 2. The van der Waals surface area contributed by atoms with Crippen molar-refractivity contribution in [2.24, 2.45) is 7.05 Å². The summed E-state index contributed by atoms with van der Waals surface area (Å²) in [5.41, 5.74) is 2.25. The van der Waals surface area contributed by atoms with Gasteiger partial charge in [-0.2, -0.15) is 5.10 Å². The fraction of sp³-hybridized carbons (Fsp3) is 0.231. The van der Waals surface area contributed by atoms with Gasteiger partial charge in [0.1, 0.15) is 5.75 Å². The minimum Gasteiger partial charge on any atom is -0.506 e. The van der Waals surface area contributed by atoms with Gasteiger partial charge in [-0.3, -0.25) is 10.00 Å². The number of nitrogens with zero attached hydrogens (tertiary/aromatic N) is 2. The summed E-state index contributed by atoms with van der Waals surface area (Å²) in [7, 11) is 1.80. The number of aryl methyl sites for hydroxylation is 3. The molecule has 2 amide bonds. The highest BCUT2D eigenvalue weighted by molar-refractivity contribution is 6.00. The first-order valence-electron chi connectivity index (χ1n) is 5.84. The van der Waals surface area contributed by atoms with E-state index >= 15 is 0 Å². The number of phenols is 1. The highest BCUT2D eigenvalue weighted by atomic mass is 16.3. The summed E-state index contributed by atoms with van der Waals surface area (Å²) in [5.74, 6) is 0.489. The average Bonchev–Trinajstić information content (AvgIpc) is 2.63. The Labute approximate surface area is 111 Å². The number of benzene rings is 1. The number of carbonyl (C=O) groups is 1. The molecule has 0 aliphatic rings. The maximum Gasteiger partial charge on any atom is 0.325 e. The van der Waals surface area contributed by atoms with Crippen molar-refractivity contribution in [1.29, 1.82) is 0 Å². The van der Waals surface area contributed by atoms with E-state index in [9.17, 15) is 9.90 Å². The van der Waals surface area contributed by atoms with Gasteiger partial charge in [-0.05, 0) is 31.5 Å². The van der Waals surface area contributed by atoms with Gasteiger partial charge in [0.2, 0.25) is 0 Å². The third kappa shape index (κ3) is 3.04. The molecule has 19 heavy (non-hydrogen) atoms. The molecule has 3 N–H and O–H groups in total. The summed E-state index contributed by atoms with van der Waals surface area (Å²) in [6.45, 7) is 3.77. The van der Waals surface area contributed by atoms with Crippen molar-refractivity contribution in [3.63, 3.8) is 0 Å². The molecular weight excluding hydrogens is 244 g/mol. The molecule has 100 valence electrons. The van der Waals surface area contributed by atoms with Gasteiger partial charge in [-0.25, -0.2) is 4.79 Å². The summed E-state index contributed by atoms with van der Waals surface area (Å²) in [4.78, 5) is 11.8. The Balaban J connectivity index is 2.07. The first kappa shape index (κ1) is 12.9. The summed E-state index contributed by atoms with van der Waals surface area (Å²) in [5, 5.41) is 18.9. The second-order valence-electron chi connectivity index (χ2n) is 4.39. The average molecular weight is 260 g/mol. The maximum absolute atomic E-state index is 11.8. The van der Waals surface area contributed by atoms with Crippen LogP contribution in [0, 0.1) is 13.8 Å². The SMILES string of the molecule is Cc1ccc(O)c(NC(=O)Nc2cc(C)n(C)n2)c1. The first-order valence-corrected chi connectivity index (χ1v) is 5.84. The van der Waals surface area contributed by atoms with E-state index in [1.54, 1.807) is 29.9 Å². The van der Waals surface area contributed by atoms with Crippen molar-refractivity contribution in [1.82, 2.24) is 9.78 Å². The number of anilines is 2. The van der Waals surface area contributed by atoms with Crippen molar-refractivity contribution >= 4 is 17.5 Å². The first-order chi connectivity index (χ1) is 8.95. The summed E-state index contributed by atoms with van der Waals surface area (Å²) < 4.78 is 1.67. The molecule has 0 bridgehead atoms. The van der Waals surface area contributed by atoms with Crippen LogP contribution in [0.4, 0.5) is 16.3 Å². The predicted molar refractivity (Wildman–Crippen MR) is 73.4 cm³/mol. The maximum atomic E-state index is 11.8. The van der Waals surface area contributed by atoms with Crippen molar-refractivity contribution < 1.29 is 9.90 Å². The number of amides is 2. The third-order valence-electron chi connectivity index (χ3n) is 2.76. The number of urea groups is 1. The lowest BCUT2D eigenvalue weighted by Crippen LogP contribution is -2.19. The van der Waals surface area contributed by atoms with Crippen LogP contribution in [-0.4, -0.2) is 20.9 Å². The van der Waals surface area contributed by atoms with E-state index < -0.39 is 6.03 Å². The van der Waals surface area contributed by atoms with Crippen LogP contribution >= 0.6 is 0 Å². The molecule has 0 aliphatic carbocycles. The van der Waals surface area contributed by atoms with E-state index in [0.717, 1.165) is 11.3 Å². The molecule has 2 aromatic rings. The molecule has 0 unspecified atom stereocenters. The van der Waals surface area contributed by atoms with E-state index in [1.165, 1.54) is 6.07 Å². The molecule has 6 heteroatoms. The Kier molecular flexibility index (Phi) is 3.41. The van der Waals surface area contributed by atoms with Gasteiger partial charge in [0.25, 0.3) is 0 Å². The van der Waals surface area contributed by atoms with Crippen LogP contribution in [0.5, 0.6) is 5.75 Å². The molecule has 6 nitrogen and oxygen atoms in total. The molecular formula is C13H16N4O2. The lowest BCUT2D eigenvalue weighted by Gasteiger charge is -2.08. The smallest absolute Gasteiger partial charge is 0.325 e. The fourth-order valence-corrected chi connectivity index (χ4v) is 1.64. The van der Waals surface area contributed by atoms with Gasteiger partial charge < -0.3 is 10.4 Å². The van der Waals surface area contributed by atoms with Gasteiger partial charge in [0.15, 0.2) is 5.82 Å². The molecule has 0 saturated heterocycles. The summed E-state index contributed by atoms with van der Waals surface area (Å²) >= 11 is 0. The highest BCUT2D eigenvalue weighted by Crippen LogP contribution is 2.23. The predicted octanol–water partition coefficient (Wildman–Crippen LogP) is 2.39. The number of aromatic hydroxyl groups is 1. The molecule has 0 fully saturated rings. The van der Waals surface area contributed by atoms with Crippen molar-refractivity contribution in [2.75, 3.05) is 10.6 Å². The number of hydrogen-bond acceptors (Lipinski definition) is 3.